The van der Waals surface area contributed by atoms with E-state index < -0.39 is 0 Å². The van der Waals surface area contributed by atoms with Crippen LogP contribution >= 0.6 is 12.4 Å². The Hall–Kier alpha value is -2.59. The van der Waals surface area contributed by atoms with Crippen LogP contribution in [0.5, 0.6) is 5.75 Å². The Kier molecular flexibility index (Phi) is 4.99. The quantitative estimate of drug-likeness (QED) is 0.691. The van der Waals surface area contributed by atoms with Gasteiger partial charge in [-0.1, -0.05) is 0 Å². The van der Waals surface area contributed by atoms with Gasteiger partial charge in [0, 0.05) is 12.1 Å². The van der Waals surface area contributed by atoms with Crippen molar-refractivity contribution in [3.63, 3.8) is 0 Å². The summed E-state index contributed by atoms with van der Waals surface area (Å²) in [6, 6.07) is 5.26. The highest BCUT2D eigenvalue weighted by Crippen LogP contribution is 2.33. The highest BCUT2D eigenvalue weighted by molar-refractivity contribution is 5.85. The van der Waals surface area contributed by atoms with Crippen molar-refractivity contribution in [1.82, 2.24) is 45.5 Å². The first-order chi connectivity index (χ1) is 12.8. The number of tetrazole rings is 1. The molecular formula is C16H20ClN9O. The molecule has 0 spiro atoms. The Morgan fingerprint density at radius 3 is 2.70 bits per heavy atom. The lowest BCUT2D eigenvalue weighted by Crippen LogP contribution is -2.39. The number of hydrogen-bond donors (Lipinski definition) is 1. The molecule has 5 heterocycles. The van der Waals surface area contributed by atoms with Gasteiger partial charge in [-0.05, 0) is 48.2 Å². The fraction of sp³-hybridized carbons (Fsp3) is 0.500. The molecular weight excluding hydrogens is 370 g/mol. The zero-order chi connectivity index (χ0) is 17.3. The van der Waals surface area contributed by atoms with Crippen LogP contribution in [0, 0.1) is 0 Å². The third-order valence-electron chi connectivity index (χ3n) is 5.02. The SMILES string of the molecule is Cl.c1cc(-n2cnnn2)ncc1OCc1cnn(C2C[C@H]3CC[C@@H](C2)N3)n1. The van der Waals surface area contributed by atoms with Crippen LogP contribution in [0.4, 0.5) is 0 Å². The number of nitrogens with zero attached hydrogens (tertiary/aromatic N) is 8. The van der Waals surface area contributed by atoms with Crippen LogP contribution in [0.15, 0.2) is 30.9 Å². The third-order valence-corrected chi connectivity index (χ3v) is 5.02. The van der Waals surface area contributed by atoms with E-state index in [1.54, 1.807) is 18.5 Å². The predicted molar refractivity (Wildman–Crippen MR) is 96.8 cm³/mol. The maximum atomic E-state index is 5.77. The number of ether oxygens (including phenoxy) is 1. The number of aromatic nitrogens is 8. The van der Waals surface area contributed by atoms with Crippen molar-refractivity contribution in [2.24, 2.45) is 0 Å². The Balaban J connectivity index is 0.00000180. The maximum Gasteiger partial charge on any atom is 0.157 e. The van der Waals surface area contributed by atoms with Crippen molar-refractivity contribution >= 4 is 12.4 Å². The second-order valence-electron chi connectivity index (χ2n) is 6.81. The zero-order valence-electron chi connectivity index (χ0n) is 14.5. The van der Waals surface area contributed by atoms with Gasteiger partial charge in [-0.15, -0.1) is 17.5 Å². The minimum absolute atomic E-state index is 0. The minimum atomic E-state index is 0. The number of hydrogen-bond acceptors (Lipinski definition) is 8. The fourth-order valence-electron chi connectivity index (χ4n) is 3.78. The van der Waals surface area contributed by atoms with Crippen LogP contribution in [0.2, 0.25) is 0 Å². The van der Waals surface area contributed by atoms with Crippen molar-refractivity contribution < 1.29 is 4.74 Å². The molecule has 2 fully saturated rings. The van der Waals surface area contributed by atoms with Crippen molar-refractivity contribution in [3.8, 4) is 11.6 Å². The lowest BCUT2D eigenvalue weighted by molar-refractivity contribution is 0.255. The molecule has 3 aromatic rings. The van der Waals surface area contributed by atoms with Crippen molar-refractivity contribution in [2.75, 3.05) is 0 Å². The lowest BCUT2D eigenvalue weighted by atomic mass is 10.0. The second kappa shape index (κ2) is 7.57. The maximum absolute atomic E-state index is 5.77. The summed E-state index contributed by atoms with van der Waals surface area (Å²) in [5.74, 6) is 1.30. The largest absolute Gasteiger partial charge is 0.486 e. The van der Waals surface area contributed by atoms with Gasteiger partial charge in [0.25, 0.3) is 0 Å². The van der Waals surface area contributed by atoms with Crippen LogP contribution in [0.25, 0.3) is 5.82 Å². The molecule has 2 aliphatic rings. The summed E-state index contributed by atoms with van der Waals surface area (Å²) in [4.78, 5) is 6.15. The van der Waals surface area contributed by atoms with E-state index in [0.717, 1.165) is 18.5 Å². The molecule has 0 aromatic carbocycles. The van der Waals surface area contributed by atoms with E-state index in [-0.39, 0.29) is 12.4 Å². The topological polar surface area (TPSA) is 108 Å². The normalized spacial score (nSPS) is 23.8. The van der Waals surface area contributed by atoms with Crippen LogP contribution in [-0.2, 0) is 6.61 Å². The molecule has 2 aliphatic heterocycles. The van der Waals surface area contributed by atoms with Crippen molar-refractivity contribution in [3.05, 3.63) is 36.5 Å². The van der Waals surface area contributed by atoms with Gasteiger partial charge in [0.2, 0.25) is 0 Å². The molecule has 2 bridgehead atoms. The molecule has 3 atom stereocenters. The summed E-state index contributed by atoms with van der Waals surface area (Å²) < 4.78 is 7.26. The molecule has 11 heteroatoms. The lowest BCUT2D eigenvalue weighted by Gasteiger charge is -2.28. The number of rotatable bonds is 5. The molecule has 3 aromatic heterocycles. The molecule has 0 radical (unpaired) electrons. The van der Waals surface area contributed by atoms with Crippen LogP contribution in [0.3, 0.4) is 0 Å². The van der Waals surface area contributed by atoms with E-state index in [1.165, 1.54) is 23.9 Å². The number of halogens is 1. The Morgan fingerprint density at radius 1 is 1.15 bits per heavy atom. The summed E-state index contributed by atoms with van der Waals surface area (Å²) in [6.45, 7) is 0.365. The van der Waals surface area contributed by atoms with Gasteiger partial charge < -0.3 is 10.1 Å². The zero-order valence-corrected chi connectivity index (χ0v) is 15.4. The Bertz CT molecular complexity index is 854. The number of piperidine rings is 1. The molecule has 142 valence electrons. The Morgan fingerprint density at radius 2 is 2.00 bits per heavy atom. The molecule has 1 unspecified atom stereocenters. The van der Waals surface area contributed by atoms with E-state index in [0.29, 0.717) is 36.3 Å². The van der Waals surface area contributed by atoms with E-state index >= 15 is 0 Å². The average molecular weight is 390 g/mol. The smallest absolute Gasteiger partial charge is 0.157 e. The van der Waals surface area contributed by atoms with E-state index in [4.69, 9.17) is 4.74 Å². The molecule has 0 amide bonds. The van der Waals surface area contributed by atoms with E-state index in [2.05, 4.69) is 36.0 Å². The summed E-state index contributed by atoms with van der Waals surface area (Å²) in [5.41, 5.74) is 0.820. The first-order valence-electron chi connectivity index (χ1n) is 8.82. The fourth-order valence-corrected chi connectivity index (χ4v) is 3.78. The highest BCUT2D eigenvalue weighted by atomic mass is 35.5. The van der Waals surface area contributed by atoms with Crippen molar-refractivity contribution in [2.45, 2.75) is 50.4 Å². The summed E-state index contributed by atoms with van der Waals surface area (Å²) in [5, 5.41) is 23.7. The van der Waals surface area contributed by atoms with E-state index in [1.807, 2.05) is 10.9 Å². The summed E-state index contributed by atoms with van der Waals surface area (Å²) in [7, 11) is 0. The molecule has 0 saturated carbocycles. The average Bonchev–Trinajstić information content (AvgIpc) is 3.42. The van der Waals surface area contributed by atoms with Gasteiger partial charge in [-0.2, -0.15) is 19.7 Å². The third kappa shape index (κ3) is 3.76. The number of fused-ring (bicyclic) bond motifs is 2. The van der Waals surface area contributed by atoms with Crippen LogP contribution in [-0.4, -0.2) is 52.3 Å². The van der Waals surface area contributed by atoms with Gasteiger partial charge in [0.05, 0.1) is 18.4 Å². The van der Waals surface area contributed by atoms with Gasteiger partial charge in [-0.3, -0.25) is 0 Å². The van der Waals surface area contributed by atoms with E-state index in [9.17, 15) is 0 Å². The number of pyridine rings is 1. The predicted octanol–water partition coefficient (Wildman–Crippen LogP) is 1.11. The van der Waals surface area contributed by atoms with Gasteiger partial charge in [-0.25, -0.2) is 4.98 Å². The van der Waals surface area contributed by atoms with Gasteiger partial charge in [0.15, 0.2) is 5.82 Å². The summed E-state index contributed by atoms with van der Waals surface area (Å²) >= 11 is 0. The number of nitrogens with one attached hydrogen (secondary N) is 1. The first kappa shape index (κ1) is 17.8. The highest BCUT2D eigenvalue weighted by Gasteiger charge is 2.35. The monoisotopic (exact) mass is 389 g/mol. The second-order valence-corrected chi connectivity index (χ2v) is 6.81. The van der Waals surface area contributed by atoms with Gasteiger partial charge in [0.1, 0.15) is 24.4 Å². The summed E-state index contributed by atoms with van der Waals surface area (Å²) in [6.07, 6.45) is 9.67. The molecule has 10 nitrogen and oxygen atoms in total. The first-order valence-corrected chi connectivity index (χ1v) is 8.82. The molecule has 5 rings (SSSR count). The molecule has 1 N–H and O–H groups in total. The minimum Gasteiger partial charge on any atom is -0.486 e. The molecule has 0 aliphatic carbocycles. The van der Waals surface area contributed by atoms with Crippen molar-refractivity contribution in [1.29, 1.82) is 0 Å². The van der Waals surface area contributed by atoms with Crippen LogP contribution < -0.4 is 10.1 Å². The molecule has 2 saturated heterocycles. The molecule has 27 heavy (non-hydrogen) atoms. The Labute approximate surface area is 161 Å². The standard InChI is InChI=1S/C16H19N9O.ClH/c1-2-12-6-14(5-11(1)20-12)25-19-7-13(21-25)9-26-15-3-4-16(17-8-15)24-10-18-22-23-24;/h3-4,7-8,10-12,14,20H,1-2,5-6,9H2;1H/t11-,12+,14?;. The van der Waals surface area contributed by atoms with Gasteiger partial charge >= 0.3 is 0 Å². The van der Waals surface area contributed by atoms with Crippen LogP contribution in [0.1, 0.15) is 37.4 Å².